The number of amides is 6. The highest BCUT2D eigenvalue weighted by Gasteiger charge is 2.44. The summed E-state index contributed by atoms with van der Waals surface area (Å²) in [5.74, 6) is -2.06. The Bertz CT molecular complexity index is 808. The fourth-order valence-corrected chi connectivity index (χ4v) is 2.70. The van der Waals surface area contributed by atoms with Gasteiger partial charge in [-0.3, -0.25) is 24.6 Å². The molecular formula is C19H24N4O6. The minimum Gasteiger partial charge on any atom is -0.447 e. The number of carbonyl (C=O) groups is 5. The zero-order chi connectivity index (χ0) is 21.6. The first-order valence-corrected chi connectivity index (χ1v) is 9.13. The van der Waals surface area contributed by atoms with E-state index in [0.29, 0.717) is 12.1 Å². The molecule has 0 saturated carbocycles. The summed E-state index contributed by atoms with van der Waals surface area (Å²) in [7, 11) is 0. The van der Waals surface area contributed by atoms with E-state index >= 15 is 0 Å². The topological polar surface area (TPSA) is 134 Å². The number of esters is 1. The molecule has 1 aromatic carbocycles. The average Bonchev–Trinajstić information content (AvgIpc) is 2.85. The molecule has 0 bridgehead atoms. The molecule has 1 aromatic rings. The maximum absolute atomic E-state index is 12.4. The molecule has 1 fully saturated rings. The van der Waals surface area contributed by atoms with Crippen LogP contribution in [0.25, 0.3) is 0 Å². The van der Waals surface area contributed by atoms with Crippen LogP contribution in [-0.2, 0) is 19.1 Å². The molecule has 1 aliphatic heterocycles. The lowest BCUT2D eigenvalue weighted by atomic mass is 10.1. The molecule has 0 spiro atoms. The summed E-state index contributed by atoms with van der Waals surface area (Å²) in [6, 6.07) is 6.89. The summed E-state index contributed by atoms with van der Waals surface area (Å²) in [6.07, 6.45) is -1.65. The lowest BCUT2D eigenvalue weighted by Crippen LogP contribution is -2.42. The molecule has 10 heteroatoms. The van der Waals surface area contributed by atoms with Gasteiger partial charge < -0.3 is 15.4 Å². The molecule has 3 N–H and O–H groups in total. The summed E-state index contributed by atoms with van der Waals surface area (Å²) in [5.41, 5.74) is -0.668. The number of hydrogen-bond acceptors (Lipinski definition) is 6. The third-order valence-electron chi connectivity index (χ3n) is 4.15. The highest BCUT2D eigenvalue weighted by Crippen LogP contribution is 2.20. The number of nitrogens with one attached hydrogen (secondary N) is 3. The molecular weight excluding hydrogens is 380 g/mol. The van der Waals surface area contributed by atoms with E-state index in [1.54, 1.807) is 51.1 Å². The average molecular weight is 404 g/mol. The largest absolute Gasteiger partial charge is 0.447 e. The maximum atomic E-state index is 12.4. The molecule has 156 valence electrons. The number of nitrogens with zero attached hydrogens (tertiary/aromatic N) is 1. The highest BCUT2D eigenvalue weighted by molar-refractivity contribution is 6.06. The van der Waals surface area contributed by atoms with E-state index in [2.05, 4.69) is 16.0 Å². The second kappa shape index (κ2) is 9.18. The number of urea groups is 2. The third-order valence-corrected chi connectivity index (χ3v) is 4.15. The quantitative estimate of drug-likeness (QED) is 0.455. The van der Waals surface area contributed by atoms with Crippen LogP contribution in [0.3, 0.4) is 0 Å². The van der Waals surface area contributed by atoms with E-state index < -0.39 is 41.5 Å². The maximum Gasteiger partial charge on any atom is 0.325 e. The minimum absolute atomic E-state index is 0.188. The van der Waals surface area contributed by atoms with Crippen molar-refractivity contribution in [3.8, 4) is 0 Å². The molecule has 0 aromatic heterocycles. The SMILES string of the molecule is CCNC(=O)NC(=O)[C@H](OC(=O)CCN1C(=O)NC(C)(C)C1=O)c1ccccc1. The van der Waals surface area contributed by atoms with Gasteiger partial charge in [0.05, 0.1) is 6.42 Å². The van der Waals surface area contributed by atoms with Crippen molar-refractivity contribution in [2.75, 3.05) is 13.1 Å². The standard InChI is InChI=1S/C19H24N4O6/c1-4-20-17(27)21-15(25)14(12-8-6-5-7-9-12)29-13(24)10-11-23-16(26)19(2,3)22-18(23)28/h5-9,14H,4,10-11H2,1-3H3,(H,22,28)(H2,20,21,25,27)/t14-/m1/s1. The summed E-state index contributed by atoms with van der Waals surface area (Å²) < 4.78 is 5.26. The van der Waals surface area contributed by atoms with Crippen molar-refractivity contribution in [3.63, 3.8) is 0 Å². The van der Waals surface area contributed by atoms with E-state index in [1.165, 1.54) is 0 Å². The number of rotatable bonds is 7. The van der Waals surface area contributed by atoms with Crippen LogP contribution < -0.4 is 16.0 Å². The Balaban J connectivity index is 2.04. The molecule has 0 unspecified atom stereocenters. The minimum atomic E-state index is -1.36. The lowest BCUT2D eigenvalue weighted by molar-refractivity contribution is -0.156. The first-order valence-electron chi connectivity index (χ1n) is 9.13. The molecule has 10 nitrogen and oxygen atoms in total. The van der Waals surface area contributed by atoms with Crippen LogP contribution in [0.1, 0.15) is 38.9 Å². The lowest BCUT2D eigenvalue weighted by Gasteiger charge is -2.19. The number of imide groups is 2. The van der Waals surface area contributed by atoms with Crippen molar-refractivity contribution < 1.29 is 28.7 Å². The zero-order valence-corrected chi connectivity index (χ0v) is 16.5. The van der Waals surface area contributed by atoms with E-state index in [9.17, 15) is 24.0 Å². The second-order valence-electron chi connectivity index (χ2n) is 6.89. The van der Waals surface area contributed by atoms with Crippen molar-refractivity contribution in [1.29, 1.82) is 0 Å². The van der Waals surface area contributed by atoms with Crippen LogP contribution in [0.5, 0.6) is 0 Å². The van der Waals surface area contributed by atoms with Crippen molar-refractivity contribution in [2.24, 2.45) is 0 Å². The third kappa shape index (κ3) is 5.53. The van der Waals surface area contributed by atoms with Crippen LogP contribution in [0.2, 0.25) is 0 Å². The van der Waals surface area contributed by atoms with E-state index in [-0.39, 0.29) is 13.0 Å². The molecule has 2 rings (SSSR count). The number of carbonyl (C=O) groups excluding carboxylic acids is 5. The van der Waals surface area contributed by atoms with Crippen LogP contribution in [0.4, 0.5) is 9.59 Å². The van der Waals surface area contributed by atoms with Gasteiger partial charge in [0.2, 0.25) is 6.10 Å². The van der Waals surface area contributed by atoms with Gasteiger partial charge in [0.15, 0.2) is 0 Å². The predicted molar refractivity (Wildman–Crippen MR) is 101 cm³/mol. The van der Waals surface area contributed by atoms with Gasteiger partial charge in [-0.15, -0.1) is 0 Å². The van der Waals surface area contributed by atoms with E-state index in [0.717, 1.165) is 4.90 Å². The number of ether oxygens (including phenoxy) is 1. The van der Waals surface area contributed by atoms with E-state index in [1.807, 2.05) is 0 Å². The molecule has 1 aliphatic rings. The smallest absolute Gasteiger partial charge is 0.325 e. The Morgan fingerprint density at radius 1 is 1.17 bits per heavy atom. The van der Waals surface area contributed by atoms with Gasteiger partial charge in [-0.2, -0.15) is 0 Å². The normalized spacial score (nSPS) is 16.0. The summed E-state index contributed by atoms with van der Waals surface area (Å²) >= 11 is 0. The zero-order valence-electron chi connectivity index (χ0n) is 16.5. The Labute approximate surface area is 168 Å². The summed E-state index contributed by atoms with van der Waals surface area (Å²) in [6.45, 7) is 4.94. The highest BCUT2D eigenvalue weighted by atomic mass is 16.5. The van der Waals surface area contributed by atoms with Crippen LogP contribution in [-0.4, -0.2) is 53.4 Å². The van der Waals surface area contributed by atoms with Crippen molar-refractivity contribution in [3.05, 3.63) is 35.9 Å². The van der Waals surface area contributed by atoms with Crippen molar-refractivity contribution in [1.82, 2.24) is 20.9 Å². The van der Waals surface area contributed by atoms with Gasteiger partial charge in [0.25, 0.3) is 11.8 Å². The first-order chi connectivity index (χ1) is 13.7. The second-order valence-corrected chi connectivity index (χ2v) is 6.89. The Hall–Kier alpha value is -3.43. The molecule has 6 amide bonds. The molecule has 0 aliphatic carbocycles. The van der Waals surface area contributed by atoms with Crippen LogP contribution in [0.15, 0.2) is 30.3 Å². The summed E-state index contributed by atoms with van der Waals surface area (Å²) in [4.78, 5) is 61.3. The Morgan fingerprint density at radius 2 is 1.83 bits per heavy atom. The number of benzene rings is 1. The predicted octanol–water partition coefficient (Wildman–Crippen LogP) is 0.837. The fraction of sp³-hybridized carbons (Fsp3) is 0.421. The van der Waals surface area contributed by atoms with Gasteiger partial charge in [-0.25, -0.2) is 9.59 Å². The van der Waals surface area contributed by atoms with Crippen molar-refractivity contribution in [2.45, 2.75) is 38.8 Å². The summed E-state index contributed by atoms with van der Waals surface area (Å²) in [5, 5.41) is 7.04. The molecule has 1 atom stereocenters. The van der Waals surface area contributed by atoms with Crippen LogP contribution >= 0.6 is 0 Å². The van der Waals surface area contributed by atoms with Gasteiger partial charge in [0, 0.05) is 18.7 Å². The van der Waals surface area contributed by atoms with Gasteiger partial charge >= 0.3 is 18.0 Å². The van der Waals surface area contributed by atoms with E-state index in [4.69, 9.17) is 4.74 Å². The molecule has 1 saturated heterocycles. The fourth-order valence-electron chi connectivity index (χ4n) is 2.70. The monoisotopic (exact) mass is 404 g/mol. The van der Waals surface area contributed by atoms with Gasteiger partial charge in [-0.1, -0.05) is 30.3 Å². The van der Waals surface area contributed by atoms with Gasteiger partial charge in [0.1, 0.15) is 5.54 Å². The number of hydrogen-bond donors (Lipinski definition) is 3. The van der Waals surface area contributed by atoms with Gasteiger partial charge in [-0.05, 0) is 20.8 Å². The first kappa shape index (κ1) is 21.9. The molecule has 1 heterocycles. The Morgan fingerprint density at radius 3 is 2.38 bits per heavy atom. The Kier molecular flexibility index (Phi) is 6.92. The molecule has 29 heavy (non-hydrogen) atoms. The molecule has 0 radical (unpaired) electrons. The van der Waals surface area contributed by atoms with Crippen molar-refractivity contribution >= 4 is 29.8 Å². The van der Waals surface area contributed by atoms with Crippen LogP contribution in [0, 0.1) is 0 Å².